The molecule has 0 aromatic heterocycles. The van der Waals surface area contributed by atoms with E-state index in [0.29, 0.717) is 6.54 Å². The molecule has 1 rings (SSSR count). The number of hydrogen-bond donors (Lipinski definition) is 0. The number of allylic oxidation sites excluding steroid dienone is 3. The fourth-order valence-electron chi connectivity index (χ4n) is 1.68. The van der Waals surface area contributed by atoms with Gasteiger partial charge in [0.05, 0.1) is 12.6 Å². The predicted molar refractivity (Wildman–Crippen MR) is 70.0 cm³/mol. The Balaban J connectivity index is 2.63. The summed E-state index contributed by atoms with van der Waals surface area (Å²) in [4.78, 5) is 2.04. The highest BCUT2D eigenvalue weighted by Crippen LogP contribution is 2.17. The average molecular weight is 234 g/mol. The fraction of sp³-hybridized carbons (Fsp3) is 0.429. The van der Waals surface area contributed by atoms with Crippen molar-refractivity contribution in [1.29, 1.82) is 0 Å². The van der Waals surface area contributed by atoms with Crippen LogP contribution in [0.2, 0.25) is 0 Å². The molecule has 16 heavy (non-hydrogen) atoms. The zero-order chi connectivity index (χ0) is 11.8. The summed E-state index contributed by atoms with van der Waals surface area (Å²) in [6.45, 7) is 0.591. The highest BCUT2D eigenvalue weighted by atomic mass is 35.5. The fourth-order valence-corrected chi connectivity index (χ4v) is 1.80. The molecular weight excluding hydrogens is 218 g/mol. The summed E-state index contributed by atoms with van der Waals surface area (Å²) in [5.74, 6) is 5.61. The van der Waals surface area contributed by atoms with Crippen LogP contribution in [-0.2, 0) is 0 Å². The van der Waals surface area contributed by atoms with Crippen molar-refractivity contribution in [2.45, 2.75) is 25.3 Å². The van der Waals surface area contributed by atoms with Crippen molar-refractivity contribution in [3.63, 3.8) is 0 Å². The van der Waals surface area contributed by atoms with Crippen LogP contribution < -0.4 is 0 Å². The van der Waals surface area contributed by atoms with Gasteiger partial charge in [0, 0.05) is 5.38 Å². The van der Waals surface area contributed by atoms with Gasteiger partial charge in [-0.3, -0.25) is 4.90 Å². The normalized spacial score (nSPS) is 16.0. The Kier molecular flexibility index (Phi) is 5.79. The van der Waals surface area contributed by atoms with Gasteiger partial charge in [0.2, 0.25) is 0 Å². The number of rotatable bonds is 4. The third-order valence-corrected chi connectivity index (χ3v) is 2.70. The summed E-state index contributed by atoms with van der Waals surface area (Å²) in [5.41, 5.74) is 1.32. The van der Waals surface area contributed by atoms with E-state index in [9.17, 15) is 0 Å². The molecule has 0 bridgehead atoms. The van der Waals surface area contributed by atoms with Crippen LogP contribution >= 0.6 is 11.6 Å². The first-order valence-corrected chi connectivity index (χ1v) is 5.76. The van der Waals surface area contributed by atoms with Crippen molar-refractivity contribution >= 4 is 11.6 Å². The molecule has 0 fully saturated rings. The second-order valence-corrected chi connectivity index (χ2v) is 4.03. The van der Waals surface area contributed by atoms with Gasteiger partial charge < -0.3 is 0 Å². The molecule has 1 aliphatic rings. The van der Waals surface area contributed by atoms with E-state index in [2.05, 4.69) is 35.4 Å². The summed E-state index contributed by atoms with van der Waals surface area (Å²) in [7, 11) is 1.97. The zero-order valence-corrected chi connectivity index (χ0v) is 10.3. The zero-order valence-electron chi connectivity index (χ0n) is 9.54. The molecule has 1 nitrogen and oxygen atoms in total. The minimum absolute atomic E-state index is 0.0996. The highest BCUT2D eigenvalue weighted by Gasteiger charge is 2.12. The number of nitrogens with zero attached hydrogens (tertiary/aromatic N) is 1. The Morgan fingerprint density at radius 1 is 1.56 bits per heavy atom. The summed E-state index contributed by atoms with van der Waals surface area (Å²) in [6, 6.07) is 0.0996. The SMILES string of the molecule is C#CCN(C)[C@H](C#CCl)CC1=CCCC=C1. The van der Waals surface area contributed by atoms with Crippen LogP contribution in [-0.4, -0.2) is 24.5 Å². The molecule has 0 aromatic carbocycles. The van der Waals surface area contributed by atoms with Crippen LogP contribution in [0, 0.1) is 23.6 Å². The van der Waals surface area contributed by atoms with Gasteiger partial charge in [0.25, 0.3) is 0 Å². The van der Waals surface area contributed by atoms with E-state index in [-0.39, 0.29) is 6.04 Å². The molecule has 1 atom stereocenters. The van der Waals surface area contributed by atoms with Gasteiger partial charge in [0.1, 0.15) is 0 Å². The van der Waals surface area contributed by atoms with Gasteiger partial charge in [-0.15, -0.1) is 6.42 Å². The van der Waals surface area contributed by atoms with Crippen molar-refractivity contribution in [2.24, 2.45) is 0 Å². The lowest BCUT2D eigenvalue weighted by Gasteiger charge is -2.22. The largest absolute Gasteiger partial charge is 0.281 e. The quantitative estimate of drug-likeness (QED) is 0.675. The summed E-state index contributed by atoms with van der Waals surface area (Å²) >= 11 is 5.48. The van der Waals surface area contributed by atoms with E-state index in [4.69, 9.17) is 18.0 Å². The Morgan fingerprint density at radius 3 is 2.94 bits per heavy atom. The Morgan fingerprint density at radius 2 is 2.38 bits per heavy atom. The monoisotopic (exact) mass is 233 g/mol. The van der Waals surface area contributed by atoms with Gasteiger partial charge >= 0.3 is 0 Å². The van der Waals surface area contributed by atoms with Crippen LogP contribution in [0.3, 0.4) is 0 Å². The highest BCUT2D eigenvalue weighted by molar-refractivity contribution is 6.30. The average Bonchev–Trinajstić information content (AvgIpc) is 2.30. The maximum Gasteiger partial charge on any atom is 0.0773 e. The Hall–Kier alpha value is -1.15. The van der Waals surface area contributed by atoms with Gasteiger partial charge in [-0.25, -0.2) is 0 Å². The van der Waals surface area contributed by atoms with Gasteiger partial charge in [-0.05, 0) is 43.5 Å². The van der Waals surface area contributed by atoms with Crippen molar-refractivity contribution in [3.8, 4) is 23.6 Å². The van der Waals surface area contributed by atoms with Crippen LogP contribution in [0.4, 0.5) is 0 Å². The summed E-state index contributed by atoms with van der Waals surface area (Å²) in [5, 5.41) is 2.46. The Bertz CT molecular complexity index is 376. The molecule has 1 aliphatic carbocycles. The van der Waals surface area contributed by atoms with E-state index in [1.54, 1.807) is 0 Å². The molecule has 0 aliphatic heterocycles. The third-order valence-electron chi connectivity index (χ3n) is 2.59. The lowest BCUT2D eigenvalue weighted by atomic mass is 10.00. The first-order chi connectivity index (χ1) is 7.77. The molecule has 0 radical (unpaired) electrons. The van der Waals surface area contributed by atoms with E-state index in [1.807, 2.05) is 11.9 Å². The number of hydrogen-bond acceptors (Lipinski definition) is 1. The van der Waals surface area contributed by atoms with E-state index in [0.717, 1.165) is 19.3 Å². The van der Waals surface area contributed by atoms with Gasteiger partial charge in [-0.2, -0.15) is 0 Å². The Labute approximate surface area is 103 Å². The lowest BCUT2D eigenvalue weighted by Crippen LogP contribution is -2.31. The van der Waals surface area contributed by atoms with E-state index < -0.39 is 0 Å². The first-order valence-electron chi connectivity index (χ1n) is 5.38. The maximum atomic E-state index is 5.48. The van der Waals surface area contributed by atoms with Crippen LogP contribution in [0.15, 0.2) is 23.8 Å². The molecule has 0 aromatic rings. The van der Waals surface area contributed by atoms with E-state index >= 15 is 0 Å². The number of halogens is 1. The number of terminal acetylenes is 1. The van der Waals surface area contributed by atoms with Crippen LogP contribution in [0.5, 0.6) is 0 Å². The van der Waals surface area contributed by atoms with Gasteiger partial charge in [0.15, 0.2) is 0 Å². The molecule has 0 heterocycles. The summed E-state index contributed by atoms with van der Waals surface area (Å²) in [6.07, 6.45) is 15.0. The van der Waals surface area contributed by atoms with Crippen molar-refractivity contribution in [1.82, 2.24) is 4.90 Å². The molecule has 0 spiro atoms. The molecule has 0 saturated heterocycles. The molecule has 84 valence electrons. The predicted octanol–water partition coefficient (Wildman–Crippen LogP) is 2.79. The van der Waals surface area contributed by atoms with Crippen molar-refractivity contribution in [3.05, 3.63) is 23.8 Å². The smallest absolute Gasteiger partial charge is 0.0773 e. The second kappa shape index (κ2) is 7.18. The van der Waals surface area contributed by atoms with Crippen LogP contribution in [0.25, 0.3) is 0 Å². The standard InChI is InChI=1S/C14H16ClN/c1-3-11-16(2)14(9-10-15)12-13-7-5-4-6-8-13/h1,5,7-8,14H,4,6,11-12H2,2H3/t14-/m1/s1. The molecule has 0 amide bonds. The van der Waals surface area contributed by atoms with E-state index in [1.165, 1.54) is 5.57 Å². The molecule has 2 heteroatoms. The van der Waals surface area contributed by atoms with Gasteiger partial charge in [-0.1, -0.05) is 30.1 Å². The second-order valence-electron chi connectivity index (χ2n) is 3.84. The minimum atomic E-state index is 0.0996. The molecule has 0 unspecified atom stereocenters. The molecular formula is C14H16ClN. The molecule has 0 N–H and O–H groups in total. The topological polar surface area (TPSA) is 3.24 Å². The third kappa shape index (κ3) is 4.15. The molecule has 0 saturated carbocycles. The van der Waals surface area contributed by atoms with Crippen LogP contribution in [0.1, 0.15) is 19.3 Å². The van der Waals surface area contributed by atoms with Crippen molar-refractivity contribution in [2.75, 3.05) is 13.6 Å². The lowest BCUT2D eigenvalue weighted by molar-refractivity contribution is 0.323. The maximum absolute atomic E-state index is 5.48. The van der Waals surface area contributed by atoms with Crippen molar-refractivity contribution < 1.29 is 0 Å². The summed E-state index contributed by atoms with van der Waals surface area (Å²) < 4.78 is 0. The minimum Gasteiger partial charge on any atom is -0.281 e. The first kappa shape index (κ1) is 12.9.